The first-order valence-corrected chi connectivity index (χ1v) is 5.90. The van der Waals surface area contributed by atoms with Crippen LogP contribution in [-0.2, 0) is 0 Å². The van der Waals surface area contributed by atoms with Gasteiger partial charge in [-0.05, 0) is 37.6 Å². The fourth-order valence-corrected chi connectivity index (χ4v) is 2.06. The molecule has 1 saturated heterocycles. The molecule has 1 aromatic rings. The van der Waals surface area contributed by atoms with Crippen LogP contribution in [0.2, 0.25) is 5.02 Å². The Morgan fingerprint density at radius 2 is 2.29 bits per heavy atom. The molecule has 94 valence electrons. The zero-order valence-corrected chi connectivity index (χ0v) is 11.0. The summed E-state index contributed by atoms with van der Waals surface area (Å²) in [5, 5.41) is 6.86. The zero-order chi connectivity index (χ0) is 11.4. The maximum absolute atomic E-state index is 11.9. The second kappa shape index (κ2) is 6.84. The topological polar surface area (TPSA) is 41.1 Å². The molecule has 1 aliphatic rings. The summed E-state index contributed by atoms with van der Waals surface area (Å²) in [5.41, 5.74) is 0.623. The highest BCUT2D eigenvalue weighted by atomic mass is 35.5. The van der Waals surface area contributed by atoms with Crippen molar-refractivity contribution in [1.29, 1.82) is 0 Å². The molecule has 1 aliphatic heterocycles. The summed E-state index contributed by atoms with van der Waals surface area (Å²) in [7, 11) is 0. The lowest BCUT2D eigenvalue weighted by molar-refractivity contribution is 0.0930. The van der Waals surface area contributed by atoms with E-state index >= 15 is 0 Å². The zero-order valence-electron chi connectivity index (χ0n) is 9.41. The molecule has 0 aliphatic carbocycles. The van der Waals surface area contributed by atoms with Crippen molar-refractivity contribution in [2.45, 2.75) is 18.9 Å². The average Bonchev–Trinajstić information content (AvgIpc) is 2.30. The maximum atomic E-state index is 11.9. The van der Waals surface area contributed by atoms with Crippen LogP contribution in [0, 0.1) is 0 Å². The highest BCUT2D eigenvalue weighted by Gasteiger charge is 2.16. The molecule has 1 aromatic carbocycles. The molecule has 0 saturated carbocycles. The van der Waals surface area contributed by atoms with Gasteiger partial charge in [-0.1, -0.05) is 17.7 Å². The quantitative estimate of drug-likeness (QED) is 0.869. The Labute approximate surface area is 112 Å². The van der Waals surface area contributed by atoms with Crippen LogP contribution in [0.3, 0.4) is 0 Å². The third kappa shape index (κ3) is 4.19. The standard InChI is InChI=1S/C12H15ClN2O.ClH/c13-10-4-1-3-9(7-10)12(16)15-11-5-2-6-14-8-11;/h1,3-4,7,11,14H,2,5-6,8H2,(H,15,16);1H. The van der Waals surface area contributed by atoms with Crippen LogP contribution in [0.15, 0.2) is 24.3 Å². The van der Waals surface area contributed by atoms with Crippen LogP contribution in [0.4, 0.5) is 0 Å². The molecule has 1 heterocycles. The first-order chi connectivity index (χ1) is 7.75. The number of benzene rings is 1. The van der Waals surface area contributed by atoms with E-state index in [0.717, 1.165) is 25.9 Å². The van der Waals surface area contributed by atoms with Crippen molar-refractivity contribution >= 4 is 29.9 Å². The van der Waals surface area contributed by atoms with E-state index in [2.05, 4.69) is 10.6 Å². The van der Waals surface area contributed by atoms with E-state index in [0.29, 0.717) is 10.6 Å². The number of carbonyl (C=O) groups excluding carboxylic acids is 1. The van der Waals surface area contributed by atoms with Gasteiger partial charge in [-0.3, -0.25) is 4.79 Å². The van der Waals surface area contributed by atoms with E-state index in [1.807, 2.05) is 0 Å². The molecule has 2 N–H and O–H groups in total. The van der Waals surface area contributed by atoms with Gasteiger partial charge in [0.15, 0.2) is 0 Å². The minimum Gasteiger partial charge on any atom is -0.348 e. The predicted molar refractivity (Wildman–Crippen MR) is 72.1 cm³/mol. The molecule has 5 heteroatoms. The molecule has 1 unspecified atom stereocenters. The highest BCUT2D eigenvalue weighted by molar-refractivity contribution is 6.30. The molecule has 2 rings (SSSR count). The number of amides is 1. The van der Waals surface area contributed by atoms with Gasteiger partial charge in [-0.25, -0.2) is 0 Å². The Hall–Kier alpha value is -0.770. The SMILES string of the molecule is Cl.O=C(NC1CCCNC1)c1cccc(Cl)c1. The second-order valence-corrected chi connectivity index (χ2v) is 4.46. The molecule has 1 amide bonds. The normalized spacial score (nSPS) is 19.2. The van der Waals surface area contributed by atoms with Gasteiger partial charge in [0.1, 0.15) is 0 Å². The minimum atomic E-state index is -0.0452. The van der Waals surface area contributed by atoms with Crippen molar-refractivity contribution in [3.63, 3.8) is 0 Å². The van der Waals surface area contributed by atoms with E-state index in [4.69, 9.17) is 11.6 Å². The first kappa shape index (κ1) is 14.3. The monoisotopic (exact) mass is 274 g/mol. The fourth-order valence-electron chi connectivity index (χ4n) is 1.87. The molecule has 0 bridgehead atoms. The second-order valence-electron chi connectivity index (χ2n) is 4.03. The third-order valence-corrected chi connectivity index (χ3v) is 2.95. The van der Waals surface area contributed by atoms with Crippen molar-refractivity contribution < 1.29 is 4.79 Å². The fraction of sp³-hybridized carbons (Fsp3) is 0.417. The Kier molecular flexibility index (Phi) is 5.75. The number of rotatable bonds is 2. The van der Waals surface area contributed by atoms with Gasteiger partial charge in [-0.2, -0.15) is 0 Å². The van der Waals surface area contributed by atoms with Crippen LogP contribution in [-0.4, -0.2) is 25.0 Å². The predicted octanol–water partition coefficient (Wildman–Crippen LogP) is 2.24. The Morgan fingerprint density at radius 1 is 1.47 bits per heavy atom. The molecule has 0 radical (unpaired) electrons. The number of hydrogen-bond acceptors (Lipinski definition) is 2. The van der Waals surface area contributed by atoms with E-state index in [9.17, 15) is 4.79 Å². The van der Waals surface area contributed by atoms with Crippen molar-refractivity contribution in [1.82, 2.24) is 10.6 Å². The van der Waals surface area contributed by atoms with E-state index in [1.165, 1.54) is 0 Å². The lowest BCUT2D eigenvalue weighted by atomic mass is 10.1. The van der Waals surface area contributed by atoms with Gasteiger partial charge in [-0.15, -0.1) is 12.4 Å². The van der Waals surface area contributed by atoms with Gasteiger partial charge in [0, 0.05) is 23.2 Å². The van der Waals surface area contributed by atoms with Crippen LogP contribution in [0.5, 0.6) is 0 Å². The molecular formula is C12H16Cl2N2O. The van der Waals surface area contributed by atoms with Crippen molar-refractivity contribution in [2.24, 2.45) is 0 Å². The summed E-state index contributed by atoms with van der Waals surface area (Å²) < 4.78 is 0. The number of piperidine rings is 1. The van der Waals surface area contributed by atoms with E-state index in [1.54, 1.807) is 24.3 Å². The number of carbonyl (C=O) groups is 1. The summed E-state index contributed by atoms with van der Waals surface area (Å²) in [6, 6.07) is 7.25. The van der Waals surface area contributed by atoms with Crippen molar-refractivity contribution in [3.8, 4) is 0 Å². The van der Waals surface area contributed by atoms with Gasteiger partial charge in [0.05, 0.1) is 0 Å². The van der Waals surface area contributed by atoms with E-state index in [-0.39, 0.29) is 24.4 Å². The average molecular weight is 275 g/mol. The molecule has 3 nitrogen and oxygen atoms in total. The van der Waals surface area contributed by atoms with Crippen LogP contribution in [0.25, 0.3) is 0 Å². The largest absolute Gasteiger partial charge is 0.348 e. The van der Waals surface area contributed by atoms with Crippen molar-refractivity contribution in [2.75, 3.05) is 13.1 Å². The van der Waals surface area contributed by atoms with Gasteiger partial charge < -0.3 is 10.6 Å². The summed E-state index contributed by atoms with van der Waals surface area (Å²) in [6.07, 6.45) is 2.15. The molecular weight excluding hydrogens is 259 g/mol. The summed E-state index contributed by atoms with van der Waals surface area (Å²) in [4.78, 5) is 11.9. The Bertz CT molecular complexity index is 379. The number of hydrogen-bond donors (Lipinski definition) is 2. The summed E-state index contributed by atoms with van der Waals surface area (Å²) in [6.45, 7) is 1.90. The molecule has 0 aromatic heterocycles. The number of halogens is 2. The Balaban J connectivity index is 0.00000144. The minimum absolute atomic E-state index is 0. The molecule has 0 spiro atoms. The molecule has 17 heavy (non-hydrogen) atoms. The number of nitrogens with one attached hydrogen (secondary N) is 2. The first-order valence-electron chi connectivity index (χ1n) is 5.53. The van der Waals surface area contributed by atoms with Gasteiger partial charge in [0.25, 0.3) is 5.91 Å². The maximum Gasteiger partial charge on any atom is 0.251 e. The molecule has 1 fully saturated rings. The van der Waals surface area contributed by atoms with Crippen molar-refractivity contribution in [3.05, 3.63) is 34.9 Å². The van der Waals surface area contributed by atoms with Crippen LogP contribution >= 0.6 is 24.0 Å². The summed E-state index contributed by atoms with van der Waals surface area (Å²) in [5.74, 6) is -0.0452. The lowest BCUT2D eigenvalue weighted by Gasteiger charge is -2.23. The van der Waals surface area contributed by atoms with E-state index < -0.39 is 0 Å². The van der Waals surface area contributed by atoms with Crippen LogP contribution in [0.1, 0.15) is 23.2 Å². The lowest BCUT2D eigenvalue weighted by Crippen LogP contribution is -2.45. The smallest absolute Gasteiger partial charge is 0.251 e. The summed E-state index contributed by atoms with van der Waals surface area (Å²) >= 11 is 5.84. The molecule has 1 atom stereocenters. The Morgan fingerprint density at radius 3 is 2.94 bits per heavy atom. The van der Waals surface area contributed by atoms with Gasteiger partial charge in [0.2, 0.25) is 0 Å². The third-order valence-electron chi connectivity index (χ3n) is 2.72. The van der Waals surface area contributed by atoms with Crippen LogP contribution < -0.4 is 10.6 Å². The van der Waals surface area contributed by atoms with Gasteiger partial charge >= 0.3 is 0 Å². The highest BCUT2D eigenvalue weighted by Crippen LogP contribution is 2.11.